The van der Waals surface area contributed by atoms with Gasteiger partial charge in [0, 0.05) is 41.9 Å². The minimum atomic E-state index is -0.0869. The number of halogens is 1. The van der Waals surface area contributed by atoms with E-state index in [9.17, 15) is 9.59 Å². The van der Waals surface area contributed by atoms with Crippen molar-refractivity contribution in [2.24, 2.45) is 5.92 Å². The van der Waals surface area contributed by atoms with E-state index in [4.69, 9.17) is 11.6 Å². The molecule has 2 aliphatic heterocycles. The number of carbonyl (C=O) groups is 2. The van der Waals surface area contributed by atoms with Gasteiger partial charge in [0.15, 0.2) is 0 Å². The summed E-state index contributed by atoms with van der Waals surface area (Å²) in [5, 5.41) is 0.641. The Kier molecular flexibility index (Phi) is 5.20. The molecule has 1 aromatic carbocycles. The van der Waals surface area contributed by atoms with Crippen molar-refractivity contribution >= 4 is 35.2 Å². The highest BCUT2D eigenvalue weighted by Gasteiger charge is 2.48. The van der Waals surface area contributed by atoms with Crippen LogP contribution in [0.15, 0.2) is 24.3 Å². The van der Waals surface area contributed by atoms with E-state index < -0.39 is 0 Å². The van der Waals surface area contributed by atoms with E-state index >= 15 is 0 Å². The van der Waals surface area contributed by atoms with Crippen molar-refractivity contribution < 1.29 is 9.59 Å². The molecule has 1 spiro atoms. The second-order valence-corrected chi connectivity index (χ2v) is 9.46. The molecule has 26 heavy (non-hydrogen) atoms. The Hall–Kier alpha value is -1.20. The first-order valence-corrected chi connectivity index (χ1v) is 11.0. The van der Waals surface area contributed by atoms with Crippen LogP contribution in [0.1, 0.15) is 48.9 Å². The van der Waals surface area contributed by atoms with Crippen molar-refractivity contribution in [2.75, 3.05) is 25.4 Å². The monoisotopic (exact) mass is 392 g/mol. The first-order chi connectivity index (χ1) is 12.6. The maximum atomic E-state index is 13.0. The summed E-state index contributed by atoms with van der Waals surface area (Å²) in [6, 6.07) is 7.09. The molecule has 0 bridgehead atoms. The normalized spacial score (nSPS) is 23.0. The van der Waals surface area contributed by atoms with Crippen LogP contribution < -0.4 is 0 Å². The van der Waals surface area contributed by atoms with Crippen LogP contribution in [0.2, 0.25) is 5.02 Å². The highest BCUT2D eigenvalue weighted by atomic mass is 35.5. The fourth-order valence-electron chi connectivity index (χ4n) is 4.56. The Bertz CT molecular complexity index is 680. The number of likely N-dealkylation sites (tertiary alicyclic amines) is 1. The summed E-state index contributed by atoms with van der Waals surface area (Å²) >= 11 is 7.84. The van der Waals surface area contributed by atoms with E-state index in [0.717, 1.165) is 38.0 Å². The molecular weight excluding hydrogens is 368 g/mol. The highest BCUT2D eigenvalue weighted by Crippen LogP contribution is 2.45. The van der Waals surface area contributed by atoms with Gasteiger partial charge in [-0.2, -0.15) is 0 Å². The first kappa shape index (κ1) is 18.2. The SMILES string of the molecule is O=C(c1ccc(Cl)cc1)N1CCC2(CC1)SCCN2C(=O)C1CCCC1. The van der Waals surface area contributed by atoms with Crippen molar-refractivity contribution in [3.8, 4) is 0 Å². The van der Waals surface area contributed by atoms with Gasteiger partial charge in [-0.3, -0.25) is 9.59 Å². The van der Waals surface area contributed by atoms with Crippen molar-refractivity contribution in [3.05, 3.63) is 34.9 Å². The average molecular weight is 393 g/mol. The Morgan fingerprint density at radius 3 is 2.35 bits per heavy atom. The van der Waals surface area contributed by atoms with Crippen molar-refractivity contribution in [1.29, 1.82) is 0 Å². The third-order valence-electron chi connectivity index (χ3n) is 6.07. The Morgan fingerprint density at radius 1 is 1.04 bits per heavy atom. The third kappa shape index (κ3) is 3.36. The molecule has 140 valence electrons. The number of amides is 2. The fraction of sp³-hybridized carbons (Fsp3) is 0.600. The Labute approximate surface area is 164 Å². The summed E-state index contributed by atoms with van der Waals surface area (Å²) in [6.07, 6.45) is 6.22. The van der Waals surface area contributed by atoms with Crippen LogP contribution >= 0.6 is 23.4 Å². The molecule has 6 heteroatoms. The quantitative estimate of drug-likeness (QED) is 0.762. The molecule has 1 saturated carbocycles. The molecule has 1 aromatic rings. The number of rotatable bonds is 2. The van der Waals surface area contributed by atoms with Gasteiger partial charge >= 0.3 is 0 Å². The van der Waals surface area contributed by atoms with Gasteiger partial charge in [-0.15, -0.1) is 11.8 Å². The van der Waals surface area contributed by atoms with E-state index in [1.807, 2.05) is 16.7 Å². The lowest BCUT2D eigenvalue weighted by molar-refractivity contribution is -0.138. The topological polar surface area (TPSA) is 40.6 Å². The minimum Gasteiger partial charge on any atom is -0.338 e. The molecule has 0 N–H and O–H groups in total. The lowest BCUT2D eigenvalue weighted by Crippen LogP contribution is -2.54. The average Bonchev–Trinajstić information content (AvgIpc) is 3.32. The minimum absolute atomic E-state index is 0.0631. The third-order valence-corrected chi connectivity index (χ3v) is 7.88. The van der Waals surface area contributed by atoms with Gasteiger partial charge < -0.3 is 9.80 Å². The number of benzene rings is 1. The predicted molar refractivity (Wildman–Crippen MR) is 105 cm³/mol. The van der Waals surface area contributed by atoms with Crippen molar-refractivity contribution in [2.45, 2.75) is 43.4 Å². The van der Waals surface area contributed by atoms with Gasteiger partial charge in [-0.25, -0.2) is 0 Å². The van der Waals surface area contributed by atoms with Gasteiger partial charge in [0.25, 0.3) is 5.91 Å². The largest absolute Gasteiger partial charge is 0.338 e. The Balaban J connectivity index is 1.42. The number of nitrogens with zero attached hydrogens (tertiary/aromatic N) is 2. The summed E-state index contributed by atoms with van der Waals surface area (Å²) in [6.45, 7) is 2.29. The standard InChI is InChI=1S/C20H25ClN2O2S/c21-17-7-5-16(6-8-17)18(24)22-11-9-20(10-12-22)23(13-14-26-20)19(25)15-3-1-2-4-15/h5-8,15H,1-4,9-14H2. The molecule has 0 atom stereocenters. The van der Waals surface area contributed by atoms with E-state index in [1.165, 1.54) is 12.8 Å². The second kappa shape index (κ2) is 7.43. The molecule has 2 heterocycles. The molecule has 1 aliphatic carbocycles. The summed E-state index contributed by atoms with van der Waals surface area (Å²) in [7, 11) is 0. The van der Waals surface area contributed by atoms with Crippen LogP contribution in [0.5, 0.6) is 0 Å². The highest BCUT2D eigenvalue weighted by molar-refractivity contribution is 8.00. The van der Waals surface area contributed by atoms with Gasteiger partial charge in [0.05, 0.1) is 4.87 Å². The molecule has 0 radical (unpaired) electrons. The van der Waals surface area contributed by atoms with Crippen molar-refractivity contribution in [1.82, 2.24) is 9.80 Å². The van der Waals surface area contributed by atoms with Crippen molar-refractivity contribution in [3.63, 3.8) is 0 Å². The molecule has 2 amide bonds. The van der Waals surface area contributed by atoms with Gasteiger partial charge in [0.2, 0.25) is 5.91 Å². The van der Waals surface area contributed by atoms with Gasteiger partial charge in [-0.1, -0.05) is 24.4 Å². The first-order valence-electron chi connectivity index (χ1n) is 9.59. The van der Waals surface area contributed by atoms with E-state index in [0.29, 0.717) is 29.6 Å². The zero-order valence-corrected chi connectivity index (χ0v) is 16.5. The molecule has 3 fully saturated rings. The molecule has 4 nitrogen and oxygen atoms in total. The number of carbonyl (C=O) groups excluding carboxylic acids is 2. The number of piperidine rings is 1. The zero-order valence-electron chi connectivity index (χ0n) is 15.0. The summed E-state index contributed by atoms with van der Waals surface area (Å²) in [4.78, 5) is 29.7. The second-order valence-electron chi connectivity index (χ2n) is 7.57. The van der Waals surface area contributed by atoms with Crippen LogP contribution in [0.4, 0.5) is 0 Å². The molecule has 3 aliphatic rings. The van der Waals surface area contributed by atoms with Crippen LogP contribution in [0.3, 0.4) is 0 Å². The number of thioether (sulfide) groups is 1. The van der Waals surface area contributed by atoms with Gasteiger partial charge in [0.1, 0.15) is 0 Å². The van der Waals surface area contributed by atoms with Crippen LogP contribution in [-0.2, 0) is 4.79 Å². The lowest BCUT2D eigenvalue weighted by atomic mass is 9.98. The van der Waals surface area contributed by atoms with Gasteiger partial charge in [-0.05, 0) is 49.9 Å². The maximum absolute atomic E-state index is 13.0. The molecule has 2 saturated heterocycles. The summed E-state index contributed by atoms with van der Waals surface area (Å²) < 4.78 is 0. The number of hydrogen-bond donors (Lipinski definition) is 0. The van der Waals surface area contributed by atoms with E-state index in [-0.39, 0.29) is 16.7 Å². The molecule has 4 rings (SSSR count). The smallest absolute Gasteiger partial charge is 0.253 e. The lowest BCUT2D eigenvalue weighted by Gasteiger charge is -2.44. The van der Waals surface area contributed by atoms with Crippen LogP contribution in [0.25, 0.3) is 0 Å². The number of hydrogen-bond acceptors (Lipinski definition) is 3. The van der Waals surface area contributed by atoms with Crippen LogP contribution in [-0.4, -0.2) is 51.9 Å². The molecule has 0 aromatic heterocycles. The fourth-order valence-corrected chi connectivity index (χ4v) is 6.15. The summed E-state index contributed by atoms with van der Waals surface area (Å²) in [5.41, 5.74) is 0.684. The summed E-state index contributed by atoms with van der Waals surface area (Å²) in [5.74, 6) is 1.68. The molecule has 0 unspecified atom stereocenters. The zero-order chi connectivity index (χ0) is 18.1. The predicted octanol–water partition coefficient (Wildman–Crippen LogP) is 4.04. The maximum Gasteiger partial charge on any atom is 0.253 e. The molecular formula is C20H25ClN2O2S. The van der Waals surface area contributed by atoms with Crippen LogP contribution in [0, 0.1) is 5.92 Å². The van der Waals surface area contributed by atoms with E-state index in [2.05, 4.69) is 4.90 Å². The van der Waals surface area contributed by atoms with E-state index in [1.54, 1.807) is 24.3 Å². The Morgan fingerprint density at radius 2 is 1.69 bits per heavy atom.